The third-order valence-electron chi connectivity index (χ3n) is 1.32. The molecule has 0 aliphatic heterocycles. The lowest BCUT2D eigenvalue weighted by Gasteiger charge is -2.40. The van der Waals surface area contributed by atoms with Crippen LogP contribution < -0.4 is 0 Å². The maximum atomic E-state index is 11.9. The normalized spacial score (nSPS) is 37.7. The molecular formula is C4H3BrF4. The van der Waals surface area contributed by atoms with E-state index in [1.165, 1.54) is 0 Å². The van der Waals surface area contributed by atoms with Gasteiger partial charge in [-0.05, 0) is 0 Å². The molecule has 1 fully saturated rings. The Labute approximate surface area is 57.4 Å². The second-order valence-corrected chi connectivity index (χ2v) is 3.10. The molecule has 1 unspecified atom stereocenters. The largest absolute Gasteiger partial charge is 0.322 e. The first kappa shape index (κ1) is 7.31. The molecular weight excluding hydrogens is 204 g/mol. The smallest absolute Gasteiger partial charge is 0.200 e. The van der Waals surface area contributed by atoms with Gasteiger partial charge in [-0.2, -0.15) is 17.6 Å². The summed E-state index contributed by atoms with van der Waals surface area (Å²) >= 11 is 2.43. The molecule has 1 aliphatic rings. The molecule has 0 aromatic carbocycles. The predicted molar refractivity (Wildman–Crippen MR) is 27.2 cm³/mol. The van der Waals surface area contributed by atoms with Gasteiger partial charge in [0.05, 0.1) is 4.83 Å². The van der Waals surface area contributed by atoms with Gasteiger partial charge in [0.15, 0.2) is 0 Å². The molecule has 0 bridgehead atoms. The van der Waals surface area contributed by atoms with Gasteiger partial charge in [-0.15, -0.1) is 0 Å². The minimum atomic E-state index is -3.84. The lowest BCUT2D eigenvalue weighted by atomic mass is 9.89. The zero-order valence-corrected chi connectivity index (χ0v) is 5.76. The van der Waals surface area contributed by atoms with Crippen molar-refractivity contribution in [2.75, 3.05) is 0 Å². The van der Waals surface area contributed by atoms with Gasteiger partial charge in [0.2, 0.25) is 0 Å². The third kappa shape index (κ3) is 0.772. The average molecular weight is 207 g/mol. The molecule has 54 valence electrons. The van der Waals surface area contributed by atoms with Gasteiger partial charge in [0.25, 0.3) is 0 Å². The van der Waals surface area contributed by atoms with Crippen molar-refractivity contribution in [2.45, 2.75) is 23.1 Å². The van der Waals surface area contributed by atoms with Gasteiger partial charge >= 0.3 is 11.8 Å². The summed E-state index contributed by atoms with van der Waals surface area (Å²) in [5, 5.41) is 0. The van der Waals surface area contributed by atoms with Gasteiger partial charge in [-0.1, -0.05) is 15.9 Å². The molecule has 1 atom stereocenters. The first-order valence-corrected chi connectivity index (χ1v) is 3.19. The van der Waals surface area contributed by atoms with Gasteiger partial charge in [0, 0.05) is 6.42 Å². The topological polar surface area (TPSA) is 0 Å². The van der Waals surface area contributed by atoms with Gasteiger partial charge in [0.1, 0.15) is 0 Å². The van der Waals surface area contributed by atoms with Crippen molar-refractivity contribution in [3.05, 3.63) is 0 Å². The van der Waals surface area contributed by atoms with Gasteiger partial charge in [-0.25, -0.2) is 0 Å². The quantitative estimate of drug-likeness (QED) is 0.422. The van der Waals surface area contributed by atoms with Crippen LogP contribution >= 0.6 is 15.9 Å². The van der Waals surface area contributed by atoms with E-state index in [4.69, 9.17) is 0 Å². The minimum absolute atomic E-state index is 0.764. The van der Waals surface area contributed by atoms with Crippen LogP contribution in [0.1, 0.15) is 6.42 Å². The summed E-state index contributed by atoms with van der Waals surface area (Å²) in [5.74, 6) is -7.63. The Bertz CT molecular complexity index is 133. The average Bonchev–Trinajstić information content (AvgIpc) is 1.65. The second kappa shape index (κ2) is 1.62. The lowest BCUT2D eigenvalue weighted by Crippen LogP contribution is -2.59. The number of hydrogen-bond acceptors (Lipinski definition) is 0. The van der Waals surface area contributed by atoms with E-state index in [1.807, 2.05) is 0 Å². The molecule has 0 N–H and O–H groups in total. The summed E-state index contributed by atoms with van der Waals surface area (Å²) < 4.78 is 47.4. The van der Waals surface area contributed by atoms with Crippen LogP contribution in [0.4, 0.5) is 17.6 Å². The van der Waals surface area contributed by atoms with E-state index in [2.05, 4.69) is 15.9 Å². The molecule has 0 aromatic rings. The molecule has 0 aromatic heterocycles. The zero-order chi connectivity index (χ0) is 7.28. The SMILES string of the molecule is FC1(F)CC(Br)C1(F)F. The fourth-order valence-electron chi connectivity index (χ4n) is 0.587. The first-order chi connectivity index (χ1) is 3.88. The summed E-state index contributed by atoms with van der Waals surface area (Å²) in [6.45, 7) is 0. The Morgan fingerprint density at radius 2 is 1.67 bits per heavy atom. The Kier molecular flexibility index (Phi) is 1.32. The zero-order valence-electron chi connectivity index (χ0n) is 4.17. The molecule has 0 radical (unpaired) electrons. The van der Waals surface area contributed by atoms with Crippen LogP contribution in [0.3, 0.4) is 0 Å². The molecule has 0 heterocycles. The van der Waals surface area contributed by atoms with E-state index < -0.39 is 23.1 Å². The van der Waals surface area contributed by atoms with Crippen LogP contribution in [0, 0.1) is 0 Å². The van der Waals surface area contributed by atoms with Crippen LogP contribution in [0.25, 0.3) is 0 Å². The Hall–Kier alpha value is 0.200. The molecule has 0 amide bonds. The van der Waals surface area contributed by atoms with E-state index in [0.29, 0.717) is 0 Å². The van der Waals surface area contributed by atoms with Crippen LogP contribution in [-0.2, 0) is 0 Å². The standard InChI is InChI=1S/C4H3BrF4/c5-2-1-3(6,7)4(2,8)9/h2H,1H2. The first-order valence-electron chi connectivity index (χ1n) is 2.27. The van der Waals surface area contributed by atoms with Crippen LogP contribution in [0.5, 0.6) is 0 Å². The van der Waals surface area contributed by atoms with Crippen LogP contribution in [-0.4, -0.2) is 16.7 Å². The monoisotopic (exact) mass is 206 g/mol. The third-order valence-corrected chi connectivity index (χ3v) is 2.22. The highest BCUT2D eigenvalue weighted by Crippen LogP contribution is 2.54. The summed E-state index contributed by atoms with van der Waals surface area (Å²) in [6, 6.07) is 0. The van der Waals surface area contributed by atoms with Crippen molar-refractivity contribution in [3.63, 3.8) is 0 Å². The molecule has 9 heavy (non-hydrogen) atoms. The van der Waals surface area contributed by atoms with E-state index in [9.17, 15) is 17.6 Å². The van der Waals surface area contributed by atoms with Crippen molar-refractivity contribution < 1.29 is 17.6 Å². The highest BCUT2D eigenvalue weighted by atomic mass is 79.9. The van der Waals surface area contributed by atoms with E-state index in [1.54, 1.807) is 0 Å². The molecule has 1 saturated carbocycles. The lowest BCUT2D eigenvalue weighted by molar-refractivity contribution is -0.267. The Morgan fingerprint density at radius 1 is 1.22 bits per heavy atom. The molecule has 0 spiro atoms. The number of alkyl halides is 5. The summed E-state index contributed by atoms with van der Waals surface area (Å²) in [7, 11) is 0. The van der Waals surface area contributed by atoms with Crippen molar-refractivity contribution in [3.8, 4) is 0 Å². The number of halogens is 5. The van der Waals surface area contributed by atoms with Gasteiger partial charge < -0.3 is 0 Å². The highest BCUT2D eigenvalue weighted by Gasteiger charge is 2.70. The summed E-state index contributed by atoms with van der Waals surface area (Å²) in [4.78, 5) is -1.35. The fraction of sp³-hybridized carbons (Fsp3) is 1.00. The molecule has 5 heteroatoms. The maximum Gasteiger partial charge on any atom is 0.322 e. The van der Waals surface area contributed by atoms with E-state index in [0.717, 1.165) is 0 Å². The van der Waals surface area contributed by atoms with Crippen molar-refractivity contribution in [1.29, 1.82) is 0 Å². The Morgan fingerprint density at radius 3 is 1.67 bits per heavy atom. The van der Waals surface area contributed by atoms with Crippen LogP contribution in [0.15, 0.2) is 0 Å². The Balaban J connectivity index is 2.70. The van der Waals surface area contributed by atoms with E-state index in [-0.39, 0.29) is 0 Å². The molecule has 0 nitrogen and oxygen atoms in total. The summed E-state index contributed by atoms with van der Waals surface area (Å²) in [6.07, 6.45) is -0.764. The predicted octanol–water partition coefficient (Wildman–Crippen LogP) is 2.42. The van der Waals surface area contributed by atoms with Crippen LogP contribution in [0.2, 0.25) is 0 Å². The molecule has 1 aliphatic carbocycles. The van der Waals surface area contributed by atoms with Gasteiger partial charge in [-0.3, -0.25) is 0 Å². The van der Waals surface area contributed by atoms with Crippen molar-refractivity contribution >= 4 is 15.9 Å². The molecule has 0 saturated heterocycles. The highest BCUT2D eigenvalue weighted by molar-refractivity contribution is 9.09. The van der Waals surface area contributed by atoms with E-state index >= 15 is 0 Å². The summed E-state index contributed by atoms with van der Waals surface area (Å²) in [5.41, 5.74) is 0. The van der Waals surface area contributed by atoms with Crippen molar-refractivity contribution in [2.24, 2.45) is 0 Å². The minimum Gasteiger partial charge on any atom is -0.200 e. The number of rotatable bonds is 0. The van der Waals surface area contributed by atoms with Crippen molar-refractivity contribution in [1.82, 2.24) is 0 Å². The number of hydrogen-bond donors (Lipinski definition) is 0. The second-order valence-electron chi connectivity index (χ2n) is 2.00. The maximum absolute atomic E-state index is 11.9. The fourth-order valence-corrected chi connectivity index (χ4v) is 1.33. The molecule has 1 rings (SSSR count).